The minimum absolute atomic E-state index is 0.182. The van der Waals surface area contributed by atoms with Gasteiger partial charge in [0.15, 0.2) is 0 Å². The maximum atomic E-state index is 12.7. The molecule has 0 radical (unpaired) electrons. The summed E-state index contributed by atoms with van der Waals surface area (Å²) in [6.07, 6.45) is 20.1. The van der Waals surface area contributed by atoms with Crippen LogP contribution in [0, 0.1) is 0 Å². The molecule has 0 rings (SSSR count). The highest BCUT2D eigenvalue weighted by atomic mass is 16.6. The van der Waals surface area contributed by atoms with Crippen LogP contribution in [0.25, 0.3) is 0 Å². The van der Waals surface area contributed by atoms with Gasteiger partial charge >= 0.3 is 12.2 Å². The van der Waals surface area contributed by atoms with Gasteiger partial charge in [-0.2, -0.15) is 0 Å². The Kier molecular flexibility index (Phi) is 23.9. The lowest BCUT2D eigenvalue weighted by atomic mass is 10.1. The molecule has 0 aliphatic carbocycles. The summed E-state index contributed by atoms with van der Waals surface area (Å²) in [6.45, 7) is 16.1. The van der Waals surface area contributed by atoms with Crippen LogP contribution >= 0.6 is 0 Å². The van der Waals surface area contributed by atoms with E-state index in [1.54, 1.807) is 0 Å². The molecule has 0 atom stereocenters. The van der Waals surface area contributed by atoms with Crippen molar-refractivity contribution in [3.63, 3.8) is 0 Å². The molecular weight excluding hydrogens is 528 g/mol. The normalized spacial score (nSPS) is 11.9. The Balaban J connectivity index is 4.10. The van der Waals surface area contributed by atoms with E-state index in [0.29, 0.717) is 0 Å². The molecule has 0 heterocycles. The fourth-order valence-corrected chi connectivity index (χ4v) is 4.86. The molecule has 0 saturated heterocycles. The van der Waals surface area contributed by atoms with Crippen LogP contribution in [0.1, 0.15) is 157 Å². The summed E-state index contributed by atoms with van der Waals surface area (Å²) < 4.78 is 11.3. The first-order chi connectivity index (χ1) is 19.9. The van der Waals surface area contributed by atoms with Crippen molar-refractivity contribution in [2.24, 2.45) is 11.5 Å². The number of carbonyl (C=O) groups is 2. The van der Waals surface area contributed by atoms with E-state index >= 15 is 0 Å². The van der Waals surface area contributed by atoms with Crippen molar-refractivity contribution >= 4 is 12.2 Å². The molecule has 0 aromatic rings. The zero-order valence-electron chi connectivity index (χ0n) is 28.7. The van der Waals surface area contributed by atoms with Crippen LogP contribution in [0.15, 0.2) is 0 Å². The molecular formula is C34H70N4O4. The topological polar surface area (TPSA) is 111 Å². The monoisotopic (exact) mass is 599 g/mol. The number of rotatable bonds is 25. The van der Waals surface area contributed by atoms with Crippen molar-refractivity contribution in [2.75, 3.05) is 39.3 Å². The number of amides is 2. The lowest BCUT2D eigenvalue weighted by molar-refractivity contribution is 0.0233. The van der Waals surface area contributed by atoms with E-state index in [0.717, 1.165) is 116 Å². The Hall–Kier alpha value is -1.54. The number of ether oxygens (including phenoxy) is 2. The zero-order valence-corrected chi connectivity index (χ0v) is 28.7. The molecule has 0 fully saturated rings. The van der Waals surface area contributed by atoms with Crippen LogP contribution < -0.4 is 11.5 Å². The summed E-state index contributed by atoms with van der Waals surface area (Å²) in [5, 5.41) is 0. The lowest BCUT2D eigenvalue weighted by Crippen LogP contribution is -2.38. The van der Waals surface area contributed by atoms with Crippen molar-refractivity contribution in [2.45, 2.75) is 168 Å². The average Bonchev–Trinajstić information content (AvgIpc) is 2.88. The van der Waals surface area contributed by atoms with Gasteiger partial charge in [0.25, 0.3) is 0 Å². The minimum atomic E-state index is -0.462. The molecule has 8 nitrogen and oxygen atoms in total. The molecule has 0 aliphatic rings. The summed E-state index contributed by atoms with van der Waals surface area (Å²) in [7, 11) is 0. The Morgan fingerprint density at radius 1 is 0.429 bits per heavy atom. The molecule has 0 unspecified atom stereocenters. The van der Waals surface area contributed by atoms with Crippen LogP contribution in [-0.4, -0.2) is 72.5 Å². The summed E-state index contributed by atoms with van der Waals surface area (Å²) >= 11 is 0. The Bertz CT molecular complexity index is 605. The quantitative estimate of drug-likeness (QED) is 0.102. The van der Waals surface area contributed by atoms with Crippen molar-refractivity contribution in [3.8, 4) is 0 Å². The highest BCUT2D eigenvalue weighted by Crippen LogP contribution is 2.16. The average molecular weight is 599 g/mol. The lowest BCUT2D eigenvalue weighted by Gasteiger charge is -2.27. The smallest absolute Gasteiger partial charge is 0.410 e. The maximum absolute atomic E-state index is 12.7. The van der Waals surface area contributed by atoms with E-state index in [9.17, 15) is 9.59 Å². The van der Waals surface area contributed by atoms with Gasteiger partial charge in [-0.15, -0.1) is 0 Å². The van der Waals surface area contributed by atoms with Gasteiger partial charge in [0.05, 0.1) is 0 Å². The molecule has 0 spiro atoms. The third-order valence-corrected chi connectivity index (χ3v) is 7.17. The summed E-state index contributed by atoms with van der Waals surface area (Å²) in [6, 6.07) is 0. The third-order valence-electron chi connectivity index (χ3n) is 7.17. The second-order valence-corrected chi connectivity index (χ2v) is 13.9. The predicted molar refractivity (Wildman–Crippen MR) is 177 cm³/mol. The van der Waals surface area contributed by atoms with Crippen LogP contribution in [0.2, 0.25) is 0 Å². The number of nitrogens with zero attached hydrogens (tertiary/aromatic N) is 2. The van der Waals surface area contributed by atoms with Gasteiger partial charge in [0.2, 0.25) is 0 Å². The van der Waals surface area contributed by atoms with Gasteiger partial charge in [0.1, 0.15) is 11.2 Å². The largest absolute Gasteiger partial charge is 0.444 e. The summed E-state index contributed by atoms with van der Waals surface area (Å²) in [5.41, 5.74) is 10.3. The van der Waals surface area contributed by atoms with Crippen LogP contribution in [-0.2, 0) is 9.47 Å². The highest BCUT2D eigenvalue weighted by molar-refractivity contribution is 5.68. The Morgan fingerprint density at radius 3 is 0.857 bits per heavy atom. The van der Waals surface area contributed by atoms with Crippen LogP contribution in [0.3, 0.4) is 0 Å². The Labute approximate surface area is 260 Å². The van der Waals surface area contributed by atoms with E-state index in [-0.39, 0.29) is 12.2 Å². The van der Waals surface area contributed by atoms with Crippen molar-refractivity contribution < 1.29 is 19.1 Å². The predicted octanol–water partition coefficient (Wildman–Crippen LogP) is 8.40. The van der Waals surface area contributed by atoms with Gasteiger partial charge < -0.3 is 30.7 Å². The van der Waals surface area contributed by atoms with Gasteiger partial charge in [-0.3, -0.25) is 0 Å². The van der Waals surface area contributed by atoms with Crippen molar-refractivity contribution in [1.82, 2.24) is 9.80 Å². The highest BCUT2D eigenvalue weighted by Gasteiger charge is 2.22. The zero-order chi connectivity index (χ0) is 31.7. The molecule has 2 amide bonds. The summed E-state index contributed by atoms with van der Waals surface area (Å²) in [5.74, 6) is 0. The number of nitrogens with two attached hydrogens (primary N) is 2. The molecule has 0 aliphatic heterocycles. The summed E-state index contributed by atoms with van der Waals surface area (Å²) in [4.78, 5) is 29.1. The minimum Gasteiger partial charge on any atom is -0.444 e. The van der Waals surface area contributed by atoms with Gasteiger partial charge in [-0.05, 0) is 93.2 Å². The first-order valence-electron chi connectivity index (χ1n) is 17.3. The number of hydrogen-bond donors (Lipinski definition) is 2. The van der Waals surface area contributed by atoms with E-state index in [4.69, 9.17) is 20.9 Å². The Morgan fingerprint density at radius 2 is 0.643 bits per heavy atom. The third kappa shape index (κ3) is 26.1. The molecule has 0 bridgehead atoms. The number of carbonyl (C=O) groups excluding carboxylic acids is 2. The fourth-order valence-electron chi connectivity index (χ4n) is 4.86. The number of unbranched alkanes of at least 4 members (excludes halogenated alkanes) is 15. The van der Waals surface area contributed by atoms with Crippen LogP contribution in [0.4, 0.5) is 9.59 Å². The molecule has 0 saturated carbocycles. The van der Waals surface area contributed by atoms with E-state index < -0.39 is 11.2 Å². The molecule has 4 N–H and O–H groups in total. The van der Waals surface area contributed by atoms with E-state index in [1.165, 1.54) is 38.5 Å². The molecule has 8 heteroatoms. The van der Waals surface area contributed by atoms with Crippen LogP contribution in [0.5, 0.6) is 0 Å². The van der Waals surface area contributed by atoms with Crippen molar-refractivity contribution in [1.29, 1.82) is 0 Å². The SMILES string of the molecule is CC(C)(C)OC(=O)N(CCCCCCN)CCCCCCCCCCCCN(CCCCCCN)C(=O)OC(C)(C)C. The standard InChI is InChI=1S/C34H70N4O4/c1-33(2,3)41-31(39)37(29-23-17-13-19-25-35)27-21-15-11-9-7-8-10-12-16-22-28-38(30-24-18-14-20-26-36)32(40)42-34(4,5)6/h7-30,35-36H2,1-6H3. The molecule has 0 aromatic carbocycles. The van der Waals surface area contributed by atoms with Gasteiger partial charge in [-0.1, -0.05) is 77.0 Å². The van der Waals surface area contributed by atoms with Crippen molar-refractivity contribution in [3.05, 3.63) is 0 Å². The van der Waals surface area contributed by atoms with E-state index in [2.05, 4.69) is 0 Å². The van der Waals surface area contributed by atoms with E-state index in [1.807, 2.05) is 51.3 Å². The van der Waals surface area contributed by atoms with Gasteiger partial charge in [0, 0.05) is 26.2 Å². The first kappa shape index (κ1) is 40.5. The second-order valence-electron chi connectivity index (χ2n) is 13.9. The van der Waals surface area contributed by atoms with Gasteiger partial charge in [-0.25, -0.2) is 9.59 Å². The maximum Gasteiger partial charge on any atom is 0.410 e. The first-order valence-corrected chi connectivity index (χ1v) is 17.3. The molecule has 42 heavy (non-hydrogen) atoms. The fraction of sp³-hybridized carbons (Fsp3) is 0.941. The second kappa shape index (κ2) is 24.9. The number of hydrogen-bond acceptors (Lipinski definition) is 6. The molecule has 250 valence electrons. The molecule has 0 aromatic heterocycles.